The molecule has 0 aliphatic heterocycles. The molecule has 0 saturated heterocycles. The van der Waals surface area contributed by atoms with Crippen LogP contribution in [0.3, 0.4) is 0 Å². The molecule has 1 N–H and O–H groups in total. The first kappa shape index (κ1) is 14.8. The van der Waals surface area contributed by atoms with Crippen molar-refractivity contribution >= 4 is 23.1 Å². The molecule has 0 saturated carbocycles. The van der Waals surface area contributed by atoms with Gasteiger partial charge < -0.3 is 10.1 Å². The fourth-order valence-corrected chi connectivity index (χ4v) is 2.24. The van der Waals surface area contributed by atoms with Crippen molar-refractivity contribution in [1.29, 1.82) is 0 Å². The van der Waals surface area contributed by atoms with Gasteiger partial charge in [-0.2, -0.15) is 0 Å². The number of benzene rings is 1. The topological polar surface area (TPSA) is 47.0 Å². The van der Waals surface area contributed by atoms with Crippen molar-refractivity contribution < 1.29 is 4.74 Å². The molecule has 2 aromatic rings. The summed E-state index contributed by atoms with van der Waals surface area (Å²) in [5.74, 6) is 0.765. The van der Waals surface area contributed by atoms with Gasteiger partial charge in [0.2, 0.25) is 0 Å². The van der Waals surface area contributed by atoms with E-state index in [0.29, 0.717) is 11.8 Å². The number of nitrogens with zero attached hydrogens (tertiary/aromatic N) is 2. The Labute approximate surface area is 124 Å². The number of rotatable bonds is 6. The molecule has 0 spiro atoms. The molecule has 0 aliphatic rings. The second-order valence-corrected chi connectivity index (χ2v) is 4.86. The van der Waals surface area contributed by atoms with Crippen LogP contribution in [0.1, 0.15) is 24.5 Å². The number of aromatic nitrogens is 2. The zero-order valence-corrected chi connectivity index (χ0v) is 12.4. The lowest BCUT2D eigenvalue weighted by molar-refractivity contribution is 0.185. The second-order valence-electron chi connectivity index (χ2n) is 4.50. The number of hydrogen-bond donors (Lipinski definition) is 1. The zero-order valence-electron chi connectivity index (χ0n) is 11.7. The van der Waals surface area contributed by atoms with Gasteiger partial charge in [-0.25, -0.2) is 9.97 Å². The summed E-state index contributed by atoms with van der Waals surface area (Å²) in [6.07, 6.45) is 3.31. The van der Waals surface area contributed by atoms with Gasteiger partial charge in [0, 0.05) is 18.4 Å². The maximum Gasteiger partial charge on any atom is 0.138 e. The van der Waals surface area contributed by atoms with Gasteiger partial charge >= 0.3 is 0 Å². The van der Waals surface area contributed by atoms with Crippen LogP contribution in [0.4, 0.5) is 11.5 Å². The molecule has 0 radical (unpaired) electrons. The molecule has 1 heterocycles. The van der Waals surface area contributed by atoms with E-state index in [9.17, 15) is 0 Å². The highest BCUT2D eigenvalue weighted by Crippen LogP contribution is 2.25. The Kier molecular flexibility index (Phi) is 5.32. The Morgan fingerprint density at radius 2 is 2.15 bits per heavy atom. The summed E-state index contributed by atoms with van der Waals surface area (Å²) >= 11 is 6.14. The summed E-state index contributed by atoms with van der Waals surface area (Å²) in [5, 5.41) is 3.82. The van der Waals surface area contributed by atoms with Crippen LogP contribution in [-0.2, 0) is 17.8 Å². The minimum atomic E-state index is 0.511. The van der Waals surface area contributed by atoms with Gasteiger partial charge in [-0.3, -0.25) is 0 Å². The van der Waals surface area contributed by atoms with Crippen LogP contribution in [0.25, 0.3) is 0 Å². The monoisotopic (exact) mass is 291 g/mol. The third kappa shape index (κ3) is 3.68. The predicted molar refractivity (Wildman–Crippen MR) is 81.5 cm³/mol. The Bertz CT molecular complexity index is 575. The molecule has 106 valence electrons. The smallest absolute Gasteiger partial charge is 0.138 e. The number of hydrogen-bond acceptors (Lipinski definition) is 4. The van der Waals surface area contributed by atoms with Crippen LogP contribution >= 0.6 is 11.6 Å². The van der Waals surface area contributed by atoms with Crippen LogP contribution in [0.5, 0.6) is 0 Å². The van der Waals surface area contributed by atoms with Gasteiger partial charge in [0.25, 0.3) is 0 Å². The minimum absolute atomic E-state index is 0.511. The predicted octanol–water partition coefficient (Wildman–Crippen LogP) is 3.97. The van der Waals surface area contributed by atoms with Crippen LogP contribution in [0, 0.1) is 0 Å². The van der Waals surface area contributed by atoms with Gasteiger partial charge in [0.05, 0.1) is 6.61 Å². The van der Waals surface area contributed by atoms with Crippen molar-refractivity contribution in [1.82, 2.24) is 9.97 Å². The highest BCUT2D eigenvalue weighted by Gasteiger charge is 2.09. The molecular formula is C15H18ClN3O. The van der Waals surface area contributed by atoms with E-state index in [1.807, 2.05) is 24.3 Å². The SMILES string of the molecule is CCCc1c(Cl)ncnc1Nc1cccc(COC)c1. The average Bonchev–Trinajstić information content (AvgIpc) is 2.44. The van der Waals surface area contributed by atoms with Crippen molar-refractivity contribution in [2.75, 3.05) is 12.4 Å². The molecule has 1 aromatic heterocycles. The first-order valence-corrected chi connectivity index (χ1v) is 6.96. The van der Waals surface area contributed by atoms with Gasteiger partial charge in [0.1, 0.15) is 17.3 Å². The van der Waals surface area contributed by atoms with E-state index in [-0.39, 0.29) is 0 Å². The van der Waals surface area contributed by atoms with Crippen molar-refractivity contribution in [3.05, 3.63) is 46.9 Å². The second kappa shape index (κ2) is 7.22. The lowest BCUT2D eigenvalue weighted by Crippen LogP contribution is -2.02. The summed E-state index contributed by atoms with van der Waals surface area (Å²) in [7, 11) is 1.68. The molecule has 0 aliphatic carbocycles. The fourth-order valence-electron chi connectivity index (χ4n) is 2.01. The number of anilines is 2. The third-order valence-electron chi connectivity index (χ3n) is 2.89. The Hall–Kier alpha value is -1.65. The minimum Gasteiger partial charge on any atom is -0.380 e. The largest absolute Gasteiger partial charge is 0.380 e. The maximum absolute atomic E-state index is 6.14. The molecule has 4 nitrogen and oxygen atoms in total. The number of ether oxygens (including phenoxy) is 1. The molecular weight excluding hydrogens is 274 g/mol. The molecule has 20 heavy (non-hydrogen) atoms. The molecule has 0 fully saturated rings. The van der Waals surface area contributed by atoms with Gasteiger partial charge in [-0.05, 0) is 24.1 Å². The fraction of sp³-hybridized carbons (Fsp3) is 0.333. The lowest BCUT2D eigenvalue weighted by atomic mass is 10.1. The van der Waals surface area contributed by atoms with E-state index in [1.165, 1.54) is 6.33 Å². The normalized spacial score (nSPS) is 10.6. The molecule has 0 bridgehead atoms. The van der Waals surface area contributed by atoms with Crippen molar-refractivity contribution in [2.24, 2.45) is 0 Å². The van der Waals surface area contributed by atoms with Crippen LogP contribution in [-0.4, -0.2) is 17.1 Å². The Balaban J connectivity index is 2.25. The summed E-state index contributed by atoms with van der Waals surface area (Å²) < 4.78 is 5.14. The average molecular weight is 292 g/mol. The van der Waals surface area contributed by atoms with E-state index in [4.69, 9.17) is 16.3 Å². The number of nitrogens with one attached hydrogen (secondary N) is 1. The van der Waals surface area contributed by atoms with Crippen molar-refractivity contribution in [2.45, 2.75) is 26.4 Å². The summed E-state index contributed by atoms with van der Waals surface area (Å²) in [4.78, 5) is 8.33. The quantitative estimate of drug-likeness (QED) is 0.818. The highest BCUT2D eigenvalue weighted by atomic mass is 35.5. The Morgan fingerprint density at radius 1 is 1.30 bits per heavy atom. The molecule has 0 unspecified atom stereocenters. The standard InChI is InChI=1S/C15H18ClN3O/c1-3-5-13-14(16)17-10-18-15(13)19-12-7-4-6-11(8-12)9-20-2/h4,6-8,10H,3,5,9H2,1-2H3,(H,17,18,19). The van der Waals surface area contributed by atoms with E-state index >= 15 is 0 Å². The summed E-state index contributed by atoms with van der Waals surface area (Å²) in [6.45, 7) is 2.69. The zero-order chi connectivity index (χ0) is 14.4. The van der Waals surface area contributed by atoms with E-state index < -0.39 is 0 Å². The van der Waals surface area contributed by atoms with E-state index in [2.05, 4.69) is 22.2 Å². The first-order valence-electron chi connectivity index (χ1n) is 6.59. The number of methoxy groups -OCH3 is 1. The molecule has 0 amide bonds. The molecule has 0 atom stereocenters. The summed E-state index contributed by atoms with van der Waals surface area (Å²) in [5.41, 5.74) is 3.02. The third-order valence-corrected chi connectivity index (χ3v) is 3.22. The van der Waals surface area contributed by atoms with Gasteiger partial charge in [-0.15, -0.1) is 0 Å². The van der Waals surface area contributed by atoms with Crippen LogP contribution in [0.15, 0.2) is 30.6 Å². The Morgan fingerprint density at radius 3 is 2.90 bits per heavy atom. The maximum atomic E-state index is 6.14. The van der Waals surface area contributed by atoms with Crippen molar-refractivity contribution in [3.63, 3.8) is 0 Å². The molecule has 1 aromatic carbocycles. The van der Waals surface area contributed by atoms with Crippen LogP contribution in [0.2, 0.25) is 5.15 Å². The number of halogens is 1. The van der Waals surface area contributed by atoms with E-state index in [1.54, 1.807) is 7.11 Å². The van der Waals surface area contributed by atoms with Crippen molar-refractivity contribution in [3.8, 4) is 0 Å². The van der Waals surface area contributed by atoms with Crippen LogP contribution < -0.4 is 5.32 Å². The first-order chi connectivity index (χ1) is 9.74. The lowest BCUT2D eigenvalue weighted by Gasteiger charge is -2.12. The van der Waals surface area contributed by atoms with E-state index in [0.717, 1.165) is 35.5 Å². The molecule has 2 rings (SSSR count). The highest BCUT2D eigenvalue weighted by molar-refractivity contribution is 6.30. The van der Waals surface area contributed by atoms with Gasteiger partial charge in [0.15, 0.2) is 0 Å². The molecule has 5 heteroatoms. The summed E-state index contributed by atoms with van der Waals surface area (Å²) in [6, 6.07) is 8.04. The van der Waals surface area contributed by atoms with Gasteiger partial charge in [-0.1, -0.05) is 37.1 Å².